The molecule has 0 unspecified atom stereocenters. The zero-order valence-electron chi connectivity index (χ0n) is 7.22. The van der Waals surface area contributed by atoms with Crippen LogP contribution in [0.15, 0.2) is 0 Å². The van der Waals surface area contributed by atoms with Crippen LogP contribution in [0.3, 0.4) is 0 Å². The summed E-state index contributed by atoms with van der Waals surface area (Å²) in [5.74, 6) is -0.573. The second-order valence-electron chi connectivity index (χ2n) is 2.42. The largest absolute Gasteiger partial charge is 0.369 e. The van der Waals surface area contributed by atoms with Crippen LogP contribution in [0.2, 0.25) is 0 Å². The van der Waals surface area contributed by atoms with Gasteiger partial charge in [-0.1, -0.05) is 6.92 Å². The fourth-order valence-electron chi connectivity index (χ4n) is 0.626. The van der Waals surface area contributed by atoms with Gasteiger partial charge in [0.1, 0.15) is 0 Å². The molecule has 0 aromatic rings. The predicted molar refractivity (Wildman–Crippen MR) is 45.4 cm³/mol. The first-order valence-corrected chi connectivity index (χ1v) is 3.92. The Balaban J connectivity index is 3.25. The molecule has 0 rings (SSSR count). The summed E-state index contributed by atoms with van der Waals surface area (Å²) < 4.78 is 0. The van der Waals surface area contributed by atoms with E-state index in [0.29, 0.717) is 6.54 Å². The molecule has 5 nitrogen and oxygen atoms in total. The molecule has 4 N–H and O–H groups in total. The molecular weight excluding hydrogens is 158 g/mol. The maximum atomic E-state index is 10.9. The minimum atomic E-state index is -0.460. The Morgan fingerprint density at radius 3 is 2.50 bits per heavy atom. The summed E-state index contributed by atoms with van der Waals surface area (Å²) in [4.78, 5) is 21.1. The summed E-state index contributed by atoms with van der Waals surface area (Å²) in [6.07, 6.45) is 0.904. The van der Waals surface area contributed by atoms with Crippen LogP contribution >= 0.6 is 0 Å². The summed E-state index contributed by atoms with van der Waals surface area (Å²) in [5, 5.41) is 5.26. The van der Waals surface area contributed by atoms with Gasteiger partial charge >= 0.3 is 0 Å². The average Bonchev–Trinajstić information content (AvgIpc) is 2.00. The van der Waals surface area contributed by atoms with Crippen molar-refractivity contribution < 1.29 is 9.59 Å². The standard InChI is InChI=1S/C7H15N3O2/c1-2-3-10-7(12)5-9-4-6(8)11/h9H,2-5H2,1H3,(H2,8,11)(H,10,12). The highest BCUT2D eigenvalue weighted by Gasteiger charge is 1.99. The lowest BCUT2D eigenvalue weighted by Crippen LogP contribution is -2.38. The van der Waals surface area contributed by atoms with E-state index < -0.39 is 5.91 Å². The highest BCUT2D eigenvalue weighted by molar-refractivity contribution is 5.80. The van der Waals surface area contributed by atoms with Crippen LogP contribution in [-0.4, -0.2) is 31.4 Å². The molecule has 5 heteroatoms. The predicted octanol–water partition coefficient (Wildman–Crippen LogP) is -1.41. The SMILES string of the molecule is CCCNC(=O)CNCC(N)=O. The molecular formula is C7H15N3O2. The van der Waals surface area contributed by atoms with Crippen LogP contribution in [0.5, 0.6) is 0 Å². The zero-order valence-corrected chi connectivity index (χ0v) is 7.22. The third-order valence-corrected chi connectivity index (χ3v) is 1.16. The molecule has 0 aliphatic heterocycles. The Kier molecular flexibility index (Phi) is 6.00. The highest BCUT2D eigenvalue weighted by Crippen LogP contribution is 1.70. The van der Waals surface area contributed by atoms with Gasteiger partial charge in [0.2, 0.25) is 11.8 Å². The molecule has 0 fully saturated rings. The molecule has 0 aliphatic carbocycles. The highest BCUT2D eigenvalue weighted by atomic mass is 16.2. The first-order chi connectivity index (χ1) is 5.66. The van der Waals surface area contributed by atoms with Crippen LogP contribution in [0, 0.1) is 0 Å². The monoisotopic (exact) mass is 173 g/mol. The molecule has 70 valence electrons. The van der Waals surface area contributed by atoms with Crippen molar-refractivity contribution in [3.05, 3.63) is 0 Å². The number of hydrogen-bond acceptors (Lipinski definition) is 3. The van der Waals surface area contributed by atoms with E-state index in [-0.39, 0.29) is 19.0 Å². The fourth-order valence-corrected chi connectivity index (χ4v) is 0.626. The van der Waals surface area contributed by atoms with Crippen LogP contribution in [-0.2, 0) is 9.59 Å². The number of primary amides is 1. The number of carbonyl (C=O) groups excluding carboxylic acids is 2. The molecule has 0 bridgehead atoms. The van der Waals surface area contributed by atoms with E-state index in [1.54, 1.807) is 0 Å². The van der Waals surface area contributed by atoms with E-state index in [0.717, 1.165) is 6.42 Å². The van der Waals surface area contributed by atoms with Crippen LogP contribution in [0.4, 0.5) is 0 Å². The number of nitrogens with one attached hydrogen (secondary N) is 2. The minimum absolute atomic E-state index is 0.0412. The van der Waals surface area contributed by atoms with E-state index in [1.165, 1.54) is 0 Å². The normalized spacial score (nSPS) is 9.42. The van der Waals surface area contributed by atoms with E-state index >= 15 is 0 Å². The van der Waals surface area contributed by atoms with Crippen molar-refractivity contribution >= 4 is 11.8 Å². The molecule has 0 saturated heterocycles. The topological polar surface area (TPSA) is 84.2 Å². The molecule has 0 spiro atoms. The third kappa shape index (κ3) is 7.01. The fraction of sp³-hybridized carbons (Fsp3) is 0.714. The quantitative estimate of drug-likeness (QED) is 0.461. The lowest BCUT2D eigenvalue weighted by atomic mass is 10.4. The van der Waals surface area contributed by atoms with Gasteiger partial charge in [0.25, 0.3) is 0 Å². The Bertz CT molecular complexity index is 159. The van der Waals surface area contributed by atoms with Crippen LogP contribution in [0.25, 0.3) is 0 Å². The second kappa shape index (κ2) is 6.60. The van der Waals surface area contributed by atoms with Crippen molar-refractivity contribution in [2.24, 2.45) is 5.73 Å². The average molecular weight is 173 g/mol. The van der Waals surface area contributed by atoms with Crippen molar-refractivity contribution in [2.75, 3.05) is 19.6 Å². The van der Waals surface area contributed by atoms with Crippen molar-refractivity contribution in [1.82, 2.24) is 10.6 Å². The summed E-state index contributed by atoms with van der Waals surface area (Å²) >= 11 is 0. The minimum Gasteiger partial charge on any atom is -0.369 e. The smallest absolute Gasteiger partial charge is 0.233 e. The van der Waals surface area contributed by atoms with Gasteiger partial charge in [0.05, 0.1) is 13.1 Å². The van der Waals surface area contributed by atoms with Crippen LogP contribution < -0.4 is 16.4 Å². The number of rotatable bonds is 6. The number of amides is 2. The Labute approximate surface area is 71.7 Å². The van der Waals surface area contributed by atoms with Crippen molar-refractivity contribution in [3.8, 4) is 0 Å². The van der Waals surface area contributed by atoms with Gasteiger partial charge in [0, 0.05) is 6.54 Å². The number of hydrogen-bond donors (Lipinski definition) is 3. The van der Waals surface area contributed by atoms with Gasteiger partial charge in [-0.2, -0.15) is 0 Å². The first-order valence-electron chi connectivity index (χ1n) is 3.92. The molecule has 0 saturated carbocycles. The summed E-state index contributed by atoms with van der Waals surface area (Å²) in [6.45, 7) is 2.82. The second-order valence-corrected chi connectivity index (χ2v) is 2.42. The van der Waals surface area contributed by atoms with E-state index in [1.807, 2.05) is 6.92 Å². The van der Waals surface area contributed by atoms with Gasteiger partial charge < -0.3 is 11.1 Å². The Morgan fingerprint density at radius 2 is 2.00 bits per heavy atom. The summed E-state index contributed by atoms with van der Waals surface area (Å²) in [7, 11) is 0. The van der Waals surface area contributed by atoms with Crippen LogP contribution in [0.1, 0.15) is 13.3 Å². The lowest BCUT2D eigenvalue weighted by Gasteiger charge is -2.03. The number of carbonyl (C=O) groups is 2. The maximum Gasteiger partial charge on any atom is 0.233 e. The molecule has 0 radical (unpaired) electrons. The number of nitrogens with two attached hydrogens (primary N) is 1. The summed E-state index contributed by atoms with van der Waals surface area (Å²) in [6, 6.07) is 0. The lowest BCUT2D eigenvalue weighted by molar-refractivity contribution is -0.120. The van der Waals surface area contributed by atoms with E-state index in [9.17, 15) is 9.59 Å². The van der Waals surface area contributed by atoms with Gasteiger partial charge in [-0.25, -0.2) is 0 Å². The Morgan fingerprint density at radius 1 is 1.33 bits per heavy atom. The molecule has 0 atom stereocenters. The van der Waals surface area contributed by atoms with E-state index in [2.05, 4.69) is 10.6 Å². The summed E-state index contributed by atoms with van der Waals surface area (Å²) in [5.41, 5.74) is 4.85. The molecule has 0 aromatic carbocycles. The van der Waals surface area contributed by atoms with Crippen molar-refractivity contribution in [3.63, 3.8) is 0 Å². The Hall–Kier alpha value is -1.10. The third-order valence-electron chi connectivity index (χ3n) is 1.16. The molecule has 12 heavy (non-hydrogen) atoms. The van der Waals surface area contributed by atoms with Gasteiger partial charge in [-0.3, -0.25) is 14.9 Å². The molecule has 0 heterocycles. The van der Waals surface area contributed by atoms with Gasteiger partial charge in [-0.15, -0.1) is 0 Å². The van der Waals surface area contributed by atoms with Crippen molar-refractivity contribution in [2.45, 2.75) is 13.3 Å². The van der Waals surface area contributed by atoms with Gasteiger partial charge in [-0.05, 0) is 6.42 Å². The first kappa shape index (κ1) is 10.9. The maximum absolute atomic E-state index is 10.9. The molecule has 0 aromatic heterocycles. The van der Waals surface area contributed by atoms with E-state index in [4.69, 9.17) is 5.73 Å². The zero-order chi connectivity index (χ0) is 9.40. The molecule has 0 aliphatic rings. The molecule has 2 amide bonds. The van der Waals surface area contributed by atoms with Crippen molar-refractivity contribution in [1.29, 1.82) is 0 Å². The van der Waals surface area contributed by atoms with Gasteiger partial charge in [0.15, 0.2) is 0 Å².